The van der Waals surface area contributed by atoms with Gasteiger partial charge in [-0.1, -0.05) is 5.16 Å². The monoisotopic (exact) mass is 384 g/mol. The fraction of sp³-hybridized carbons (Fsp3) is 0.250. The van der Waals surface area contributed by atoms with Gasteiger partial charge in [0.2, 0.25) is 11.7 Å². The molecular formula is C20H15F3N4O. The van der Waals surface area contributed by atoms with Gasteiger partial charge < -0.3 is 8.92 Å². The van der Waals surface area contributed by atoms with Gasteiger partial charge in [-0.3, -0.25) is 0 Å². The molecule has 0 bridgehead atoms. The lowest BCUT2D eigenvalue weighted by atomic mass is 9.84. The number of aryl methyl sites for hydroxylation is 2. The Balaban J connectivity index is 1.51. The molecular weight excluding hydrogens is 369 g/mol. The molecule has 1 unspecified atom stereocenters. The van der Waals surface area contributed by atoms with E-state index in [0.29, 0.717) is 37.0 Å². The lowest BCUT2D eigenvalue weighted by molar-refractivity contribution is 0.394. The highest BCUT2D eigenvalue weighted by atomic mass is 19.2. The lowest BCUT2D eigenvalue weighted by Gasteiger charge is -2.22. The number of benzene rings is 1. The summed E-state index contributed by atoms with van der Waals surface area (Å²) in [4.78, 5) is 8.90. The van der Waals surface area contributed by atoms with E-state index >= 15 is 0 Å². The summed E-state index contributed by atoms with van der Waals surface area (Å²) in [5.74, 6) is -2.19. The van der Waals surface area contributed by atoms with Crippen molar-refractivity contribution in [1.29, 1.82) is 0 Å². The van der Waals surface area contributed by atoms with Crippen LogP contribution in [-0.2, 0) is 12.8 Å². The molecule has 5 rings (SSSR count). The molecule has 1 atom stereocenters. The number of rotatable bonds is 2. The third-order valence-corrected chi connectivity index (χ3v) is 5.24. The van der Waals surface area contributed by atoms with Gasteiger partial charge in [-0.25, -0.2) is 18.2 Å². The van der Waals surface area contributed by atoms with Crippen molar-refractivity contribution in [3.8, 4) is 11.4 Å². The summed E-state index contributed by atoms with van der Waals surface area (Å²) in [6.07, 6.45) is 3.67. The Labute approximate surface area is 157 Å². The Hall–Kier alpha value is -3.16. The van der Waals surface area contributed by atoms with Gasteiger partial charge in [0.15, 0.2) is 11.6 Å². The van der Waals surface area contributed by atoms with Crippen LogP contribution in [0.15, 0.2) is 35.0 Å². The summed E-state index contributed by atoms with van der Waals surface area (Å²) in [6.45, 7) is 1.72. The van der Waals surface area contributed by atoms with E-state index < -0.39 is 17.5 Å². The molecule has 4 aromatic rings. The highest BCUT2D eigenvalue weighted by molar-refractivity contribution is 5.61. The number of halogens is 3. The van der Waals surface area contributed by atoms with Gasteiger partial charge in [0.05, 0.1) is 5.69 Å². The number of aromatic nitrogens is 4. The van der Waals surface area contributed by atoms with Crippen LogP contribution in [0.3, 0.4) is 0 Å². The Morgan fingerprint density at radius 3 is 2.68 bits per heavy atom. The van der Waals surface area contributed by atoms with Crippen LogP contribution < -0.4 is 0 Å². The molecule has 3 aromatic heterocycles. The van der Waals surface area contributed by atoms with Crippen molar-refractivity contribution in [3.63, 3.8) is 0 Å². The van der Waals surface area contributed by atoms with E-state index in [2.05, 4.69) is 15.1 Å². The van der Waals surface area contributed by atoms with Gasteiger partial charge in [-0.05, 0) is 48.9 Å². The lowest BCUT2D eigenvalue weighted by Crippen LogP contribution is -2.15. The summed E-state index contributed by atoms with van der Waals surface area (Å²) in [6, 6.07) is 5.34. The standard InChI is InChI=1S/C20H15F3N4O/c1-10-24-20(26-28-10)12-4-5-27-18-3-2-11(6-17(18)25-19(27)7-12)13-8-15(22)16(23)9-14(13)21/h4-5,7-9,11H,2-3,6H2,1H3. The van der Waals surface area contributed by atoms with Crippen LogP contribution in [-0.4, -0.2) is 19.5 Å². The largest absolute Gasteiger partial charge is 0.339 e. The molecule has 0 spiro atoms. The van der Waals surface area contributed by atoms with Gasteiger partial charge in [0, 0.05) is 30.4 Å². The molecule has 0 fully saturated rings. The first-order chi connectivity index (χ1) is 13.5. The van der Waals surface area contributed by atoms with Crippen molar-refractivity contribution in [2.75, 3.05) is 0 Å². The fourth-order valence-corrected chi connectivity index (χ4v) is 3.89. The van der Waals surface area contributed by atoms with Crippen LogP contribution in [0.4, 0.5) is 13.2 Å². The molecule has 8 heteroatoms. The van der Waals surface area contributed by atoms with E-state index in [9.17, 15) is 13.2 Å². The first-order valence-corrected chi connectivity index (χ1v) is 8.94. The number of imidazole rings is 1. The second kappa shape index (κ2) is 6.19. The Morgan fingerprint density at radius 2 is 1.89 bits per heavy atom. The summed E-state index contributed by atoms with van der Waals surface area (Å²) in [7, 11) is 0. The van der Waals surface area contributed by atoms with E-state index in [1.165, 1.54) is 0 Å². The Kier molecular flexibility index (Phi) is 3.75. The fourth-order valence-electron chi connectivity index (χ4n) is 3.89. The highest BCUT2D eigenvalue weighted by Gasteiger charge is 2.27. The van der Waals surface area contributed by atoms with Crippen LogP contribution in [0.25, 0.3) is 17.0 Å². The van der Waals surface area contributed by atoms with Crippen LogP contribution in [0.1, 0.15) is 35.2 Å². The third kappa shape index (κ3) is 2.67. The normalized spacial score (nSPS) is 16.5. The molecule has 5 nitrogen and oxygen atoms in total. The number of fused-ring (bicyclic) bond motifs is 3. The number of hydrogen-bond acceptors (Lipinski definition) is 4. The van der Waals surface area contributed by atoms with Gasteiger partial charge in [0.1, 0.15) is 11.5 Å². The Bertz CT molecular complexity index is 1210. The summed E-state index contributed by atoms with van der Waals surface area (Å²) in [5, 5.41) is 3.92. The van der Waals surface area contributed by atoms with Gasteiger partial charge in [0.25, 0.3) is 0 Å². The van der Waals surface area contributed by atoms with E-state index in [4.69, 9.17) is 4.52 Å². The van der Waals surface area contributed by atoms with Crippen LogP contribution >= 0.6 is 0 Å². The average Bonchev–Trinajstić information content (AvgIpc) is 3.26. The number of nitrogens with zero attached hydrogens (tertiary/aromatic N) is 4. The van der Waals surface area contributed by atoms with Crippen LogP contribution in [0, 0.1) is 24.4 Å². The van der Waals surface area contributed by atoms with Crippen molar-refractivity contribution in [1.82, 2.24) is 19.5 Å². The average molecular weight is 384 g/mol. The van der Waals surface area contributed by atoms with E-state index in [-0.39, 0.29) is 11.5 Å². The molecule has 0 aliphatic heterocycles. The van der Waals surface area contributed by atoms with E-state index in [1.54, 1.807) is 6.92 Å². The van der Waals surface area contributed by atoms with E-state index in [1.807, 2.05) is 22.7 Å². The predicted octanol–water partition coefficient (Wildman–Crippen LogP) is 4.38. The molecule has 1 aromatic carbocycles. The van der Waals surface area contributed by atoms with Crippen molar-refractivity contribution in [2.24, 2.45) is 0 Å². The van der Waals surface area contributed by atoms with Gasteiger partial charge >= 0.3 is 0 Å². The second-order valence-corrected chi connectivity index (χ2v) is 7.01. The molecule has 0 saturated heterocycles. The SMILES string of the molecule is Cc1nc(-c2ccn3c4c(nc3c2)CC(c2cc(F)c(F)cc2F)CC4)no1. The molecule has 3 heterocycles. The zero-order valence-corrected chi connectivity index (χ0v) is 14.9. The van der Waals surface area contributed by atoms with E-state index in [0.717, 1.165) is 28.7 Å². The molecule has 28 heavy (non-hydrogen) atoms. The summed E-state index contributed by atoms with van der Waals surface area (Å²) in [5.41, 5.74) is 3.60. The quantitative estimate of drug-likeness (QED) is 0.481. The predicted molar refractivity (Wildman–Crippen MR) is 94.3 cm³/mol. The summed E-state index contributed by atoms with van der Waals surface area (Å²) >= 11 is 0. The minimum absolute atomic E-state index is 0.199. The van der Waals surface area contributed by atoms with Crippen molar-refractivity contribution >= 4 is 5.65 Å². The van der Waals surface area contributed by atoms with Gasteiger partial charge in [-0.15, -0.1) is 0 Å². The molecule has 0 saturated carbocycles. The molecule has 0 radical (unpaired) electrons. The molecule has 142 valence electrons. The molecule has 1 aliphatic carbocycles. The summed E-state index contributed by atoms with van der Waals surface area (Å²) < 4.78 is 48.0. The van der Waals surface area contributed by atoms with Gasteiger partial charge in [-0.2, -0.15) is 4.98 Å². The zero-order chi connectivity index (χ0) is 19.4. The van der Waals surface area contributed by atoms with Crippen LogP contribution in [0.5, 0.6) is 0 Å². The minimum atomic E-state index is -1.17. The third-order valence-electron chi connectivity index (χ3n) is 5.24. The smallest absolute Gasteiger partial charge is 0.223 e. The maximum atomic E-state index is 14.2. The maximum absolute atomic E-state index is 14.2. The van der Waals surface area contributed by atoms with Crippen LogP contribution in [0.2, 0.25) is 0 Å². The first-order valence-electron chi connectivity index (χ1n) is 8.94. The zero-order valence-electron chi connectivity index (χ0n) is 14.9. The van der Waals surface area contributed by atoms with Crippen molar-refractivity contribution in [3.05, 3.63) is 70.8 Å². The molecule has 1 aliphatic rings. The van der Waals surface area contributed by atoms with Crippen molar-refractivity contribution < 1.29 is 17.7 Å². The topological polar surface area (TPSA) is 56.2 Å². The number of pyridine rings is 1. The maximum Gasteiger partial charge on any atom is 0.223 e. The number of hydrogen-bond donors (Lipinski definition) is 0. The molecule has 0 amide bonds. The first kappa shape index (κ1) is 17.0. The Morgan fingerprint density at radius 1 is 1.07 bits per heavy atom. The molecule has 0 N–H and O–H groups in total. The second-order valence-electron chi connectivity index (χ2n) is 7.01. The van der Waals surface area contributed by atoms with Crippen molar-refractivity contribution in [2.45, 2.75) is 32.1 Å². The highest BCUT2D eigenvalue weighted by Crippen LogP contribution is 2.35. The minimum Gasteiger partial charge on any atom is -0.339 e.